The van der Waals surface area contributed by atoms with E-state index in [1.807, 2.05) is 11.3 Å². The van der Waals surface area contributed by atoms with Crippen LogP contribution in [0.2, 0.25) is 0 Å². The van der Waals surface area contributed by atoms with Crippen LogP contribution in [-0.2, 0) is 11.8 Å². The van der Waals surface area contributed by atoms with E-state index in [4.69, 9.17) is 4.98 Å². The molecular weight excluding hydrogens is 240 g/mol. The predicted molar refractivity (Wildman–Crippen MR) is 79.3 cm³/mol. The van der Waals surface area contributed by atoms with Crippen LogP contribution in [0.4, 0.5) is 0 Å². The van der Waals surface area contributed by atoms with E-state index in [0.29, 0.717) is 11.5 Å². The maximum atomic E-state index is 4.82. The van der Waals surface area contributed by atoms with Gasteiger partial charge in [0.15, 0.2) is 0 Å². The summed E-state index contributed by atoms with van der Waals surface area (Å²) in [6.07, 6.45) is 3.81. The van der Waals surface area contributed by atoms with E-state index >= 15 is 0 Å². The monoisotopic (exact) mass is 266 g/mol. The molecule has 0 spiro atoms. The molecule has 1 N–H and O–H groups in total. The third-order valence-corrected chi connectivity index (χ3v) is 4.90. The largest absolute Gasteiger partial charge is 0.313 e. The predicted octanol–water partition coefficient (Wildman–Crippen LogP) is 3.76. The zero-order valence-electron chi connectivity index (χ0n) is 12.3. The lowest BCUT2D eigenvalue weighted by molar-refractivity contribution is 0.359. The standard InChI is InChI=1S/C15H26N2S/c1-6-16-11(15(5)7-8-15)9-13-17-12(10-18-13)14(2,3)4/h10-11,16H,6-9H2,1-5H3. The summed E-state index contributed by atoms with van der Waals surface area (Å²) in [6, 6.07) is 0.599. The van der Waals surface area contributed by atoms with Gasteiger partial charge in [-0.05, 0) is 24.8 Å². The third-order valence-electron chi connectivity index (χ3n) is 4.03. The van der Waals surface area contributed by atoms with Crippen LogP contribution in [0.1, 0.15) is 58.2 Å². The Labute approximate surface area is 115 Å². The van der Waals surface area contributed by atoms with Gasteiger partial charge >= 0.3 is 0 Å². The molecule has 1 aliphatic rings. The molecule has 2 rings (SSSR count). The van der Waals surface area contributed by atoms with E-state index in [0.717, 1.165) is 13.0 Å². The van der Waals surface area contributed by atoms with Crippen LogP contribution in [0.25, 0.3) is 0 Å². The second-order valence-electron chi connectivity index (χ2n) is 6.84. The number of hydrogen-bond acceptors (Lipinski definition) is 3. The maximum Gasteiger partial charge on any atom is 0.0944 e. The molecule has 1 aliphatic carbocycles. The van der Waals surface area contributed by atoms with Crippen molar-refractivity contribution >= 4 is 11.3 Å². The van der Waals surface area contributed by atoms with Crippen molar-refractivity contribution in [2.75, 3.05) is 6.54 Å². The zero-order chi connectivity index (χ0) is 13.4. The average Bonchev–Trinajstić information content (AvgIpc) is 2.84. The highest BCUT2D eigenvalue weighted by Gasteiger charge is 2.44. The molecule has 0 aliphatic heterocycles. The van der Waals surface area contributed by atoms with Gasteiger partial charge in [0, 0.05) is 23.3 Å². The summed E-state index contributed by atoms with van der Waals surface area (Å²) in [5.74, 6) is 0. The van der Waals surface area contributed by atoms with Gasteiger partial charge in [-0.3, -0.25) is 0 Å². The molecule has 1 fully saturated rings. The van der Waals surface area contributed by atoms with Gasteiger partial charge in [0.05, 0.1) is 10.7 Å². The molecule has 0 radical (unpaired) electrons. The summed E-state index contributed by atoms with van der Waals surface area (Å²) in [4.78, 5) is 4.82. The first-order valence-corrected chi connectivity index (χ1v) is 7.91. The second kappa shape index (κ2) is 4.93. The quantitative estimate of drug-likeness (QED) is 0.877. The molecule has 2 nitrogen and oxygen atoms in total. The summed E-state index contributed by atoms with van der Waals surface area (Å²) in [5, 5.41) is 7.17. The Kier molecular flexibility index (Phi) is 3.84. The van der Waals surface area contributed by atoms with Gasteiger partial charge in [0.2, 0.25) is 0 Å². The Balaban J connectivity index is 2.05. The van der Waals surface area contributed by atoms with Gasteiger partial charge < -0.3 is 5.32 Å². The van der Waals surface area contributed by atoms with E-state index in [2.05, 4.69) is 45.3 Å². The minimum absolute atomic E-state index is 0.173. The fourth-order valence-electron chi connectivity index (χ4n) is 2.28. The van der Waals surface area contributed by atoms with Crippen LogP contribution < -0.4 is 5.32 Å². The van der Waals surface area contributed by atoms with Gasteiger partial charge in [-0.1, -0.05) is 34.6 Å². The Morgan fingerprint density at radius 1 is 1.44 bits per heavy atom. The highest BCUT2D eigenvalue weighted by Crippen LogP contribution is 2.49. The number of aromatic nitrogens is 1. The van der Waals surface area contributed by atoms with Gasteiger partial charge in [0.1, 0.15) is 0 Å². The molecule has 1 heterocycles. The van der Waals surface area contributed by atoms with Crippen LogP contribution in [0, 0.1) is 5.41 Å². The first kappa shape index (κ1) is 14.0. The molecule has 102 valence electrons. The van der Waals surface area contributed by atoms with Gasteiger partial charge in [-0.15, -0.1) is 11.3 Å². The van der Waals surface area contributed by atoms with Crippen LogP contribution in [0.5, 0.6) is 0 Å². The maximum absolute atomic E-state index is 4.82. The lowest BCUT2D eigenvalue weighted by Gasteiger charge is -2.23. The van der Waals surface area contributed by atoms with E-state index in [1.165, 1.54) is 23.5 Å². The van der Waals surface area contributed by atoms with Crippen molar-refractivity contribution in [1.82, 2.24) is 10.3 Å². The molecule has 1 unspecified atom stereocenters. The number of hydrogen-bond donors (Lipinski definition) is 1. The molecule has 0 bridgehead atoms. The van der Waals surface area contributed by atoms with Crippen molar-refractivity contribution in [2.45, 2.75) is 65.3 Å². The van der Waals surface area contributed by atoms with Crippen LogP contribution >= 0.6 is 11.3 Å². The molecule has 1 atom stereocenters. The second-order valence-corrected chi connectivity index (χ2v) is 7.79. The number of likely N-dealkylation sites (N-methyl/N-ethyl adjacent to an activating group) is 1. The Morgan fingerprint density at radius 3 is 2.56 bits per heavy atom. The highest BCUT2D eigenvalue weighted by molar-refractivity contribution is 7.09. The van der Waals surface area contributed by atoms with E-state index in [9.17, 15) is 0 Å². The highest BCUT2D eigenvalue weighted by atomic mass is 32.1. The summed E-state index contributed by atoms with van der Waals surface area (Å²) < 4.78 is 0. The molecule has 3 heteroatoms. The first-order chi connectivity index (χ1) is 8.35. The first-order valence-electron chi connectivity index (χ1n) is 7.03. The van der Waals surface area contributed by atoms with Crippen LogP contribution in [0.15, 0.2) is 5.38 Å². The van der Waals surface area contributed by atoms with E-state index in [-0.39, 0.29) is 5.41 Å². The third kappa shape index (κ3) is 3.12. The molecule has 1 aromatic rings. The smallest absolute Gasteiger partial charge is 0.0944 e. The van der Waals surface area contributed by atoms with Gasteiger partial charge in [-0.25, -0.2) is 4.98 Å². The molecule has 0 aromatic carbocycles. The number of thiazole rings is 1. The Hall–Kier alpha value is -0.410. The van der Waals surface area contributed by atoms with Crippen molar-refractivity contribution in [1.29, 1.82) is 0 Å². The zero-order valence-corrected chi connectivity index (χ0v) is 13.2. The minimum Gasteiger partial charge on any atom is -0.313 e. The van der Waals surface area contributed by atoms with Crippen molar-refractivity contribution in [3.8, 4) is 0 Å². The molecular formula is C15H26N2S. The van der Waals surface area contributed by atoms with Crippen LogP contribution in [0.3, 0.4) is 0 Å². The normalized spacial score (nSPS) is 19.8. The lowest BCUT2D eigenvalue weighted by atomic mass is 9.93. The van der Waals surface area contributed by atoms with Crippen LogP contribution in [-0.4, -0.2) is 17.6 Å². The van der Waals surface area contributed by atoms with Crippen molar-refractivity contribution in [3.05, 3.63) is 16.1 Å². The molecule has 1 saturated carbocycles. The molecule has 18 heavy (non-hydrogen) atoms. The molecule has 0 amide bonds. The number of rotatable bonds is 5. The van der Waals surface area contributed by atoms with Crippen molar-refractivity contribution in [3.63, 3.8) is 0 Å². The van der Waals surface area contributed by atoms with Crippen molar-refractivity contribution in [2.24, 2.45) is 5.41 Å². The SMILES string of the molecule is CCNC(Cc1nc(C(C)(C)C)cs1)C1(C)CC1. The topological polar surface area (TPSA) is 24.9 Å². The molecule has 0 saturated heterocycles. The van der Waals surface area contributed by atoms with Gasteiger partial charge in [0.25, 0.3) is 0 Å². The van der Waals surface area contributed by atoms with E-state index in [1.54, 1.807) is 0 Å². The summed E-state index contributed by atoms with van der Waals surface area (Å²) in [7, 11) is 0. The Bertz CT molecular complexity index is 399. The lowest BCUT2D eigenvalue weighted by Crippen LogP contribution is -2.38. The molecule has 1 aromatic heterocycles. The summed E-state index contributed by atoms with van der Waals surface area (Å²) >= 11 is 1.82. The average molecular weight is 266 g/mol. The number of nitrogens with one attached hydrogen (secondary N) is 1. The van der Waals surface area contributed by atoms with E-state index < -0.39 is 0 Å². The fraction of sp³-hybridized carbons (Fsp3) is 0.800. The Morgan fingerprint density at radius 2 is 2.11 bits per heavy atom. The fourth-order valence-corrected chi connectivity index (χ4v) is 3.35. The summed E-state index contributed by atoms with van der Waals surface area (Å²) in [6.45, 7) is 12.3. The van der Waals surface area contributed by atoms with Gasteiger partial charge in [-0.2, -0.15) is 0 Å². The minimum atomic E-state index is 0.173. The number of nitrogens with zero attached hydrogens (tertiary/aromatic N) is 1. The summed E-state index contributed by atoms with van der Waals surface area (Å²) in [5.41, 5.74) is 1.92. The van der Waals surface area contributed by atoms with Crippen molar-refractivity contribution < 1.29 is 0 Å².